The number of nitrogens with one attached hydrogen (secondary N) is 3. The predicted octanol–water partition coefficient (Wildman–Crippen LogP) is -2.46. The minimum Gasteiger partial charge on any atom is -0.304 e. The quantitative estimate of drug-likeness (QED) is 0.362. The highest BCUT2D eigenvalue weighted by molar-refractivity contribution is 7.88. The maximum Gasteiger partial charge on any atom is 0.244 e. The normalized spacial score (nSPS) is 21.8. The molecule has 7 nitrogen and oxygen atoms in total. The van der Waals surface area contributed by atoms with Gasteiger partial charge in [-0.25, -0.2) is 13.1 Å². The topological polar surface area (TPSA) is 104 Å². The third-order valence-electron chi connectivity index (χ3n) is 1.85. The lowest BCUT2D eigenvalue weighted by Gasteiger charge is -2.08. The van der Waals surface area contributed by atoms with Gasteiger partial charge in [-0.3, -0.25) is 14.9 Å². The Morgan fingerprint density at radius 1 is 1.40 bits per heavy atom. The highest BCUT2D eigenvalue weighted by atomic mass is 32.2. The third kappa shape index (κ3) is 4.36. The molecule has 1 unspecified atom stereocenters. The highest BCUT2D eigenvalue weighted by Gasteiger charge is 2.29. The molecule has 2 amide bonds. The number of hydrogen-bond acceptors (Lipinski definition) is 5. The summed E-state index contributed by atoms with van der Waals surface area (Å²) in [5, 5.41) is 4.92. The van der Waals surface area contributed by atoms with Crippen molar-refractivity contribution in [2.45, 2.75) is 12.5 Å². The van der Waals surface area contributed by atoms with Gasteiger partial charge in [-0.2, -0.15) is 0 Å². The van der Waals surface area contributed by atoms with Gasteiger partial charge < -0.3 is 5.32 Å². The molecule has 0 saturated carbocycles. The fraction of sp³-hybridized carbons (Fsp3) is 0.714. The van der Waals surface area contributed by atoms with Gasteiger partial charge in [-0.15, -0.1) is 0 Å². The van der Waals surface area contributed by atoms with E-state index in [1.54, 1.807) is 0 Å². The second-order valence-corrected chi connectivity index (χ2v) is 5.12. The Morgan fingerprint density at radius 3 is 2.53 bits per heavy atom. The molecule has 86 valence electrons. The Labute approximate surface area is 87.7 Å². The van der Waals surface area contributed by atoms with E-state index in [-0.39, 0.29) is 24.8 Å². The summed E-state index contributed by atoms with van der Waals surface area (Å²) in [5.74, 6) is -0.673. The molecule has 0 aliphatic carbocycles. The molecule has 1 atom stereocenters. The van der Waals surface area contributed by atoms with Crippen LogP contribution in [0.25, 0.3) is 0 Å². The van der Waals surface area contributed by atoms with Crippen LogP contribution in [0.3, 0.4) is 0 Å². The van der Waals surface area contributed by atoms with E-state index in [0.717, 1.165) is 6.26 Å². The SMILES string of the molecule is CS(=O)(=O)NCCNC1CC(=O)NC1=O. The zero-order valence-electron chi connectivity index (χ0n) is 8.24. The summed E-state index contributed by atoms with van der Waals surface area (Å²) in [4.78, 5) is 21.8. The molecule has 0 bridgehead atoms. The summed E-state index contributed by atoms with van der Waals surface area (Å²) in [6.45, 7) is 0.495. The first-order chi connectivity index (χ1) is 6.88. The lowest BCUT2D eigenvalue weighted by molar-refractivity contribution is -0.125. The van der Waals surface area contributed by atoms with Crippen LogP contribution in [0.4, 0.5) is 0 Å². The summed E-state index contributed by atoms with van der Waals surface area (Å²) in [7, 11) is -3.20. The highest BCUT2D eigenvalue weighted by Crippen LogP contribution is 1.99. The Morgan fingerprint density at radius 2 is 2.07 bits per heavy atom. The molecule has 1 saturated heterocycles. The van der Waals surface area contributed by atoms with Gasteiger partial charge in [0.1, 0.15) is 0 Å². The molecule has 0 spiro atoms. The Hall–Kier alpha value is -0.990. The van der Waals surface area contributed by atoms with Crippen molar-refractivity contribution < 1.29 is 18.0 Å². The second kappa shape index (κ2) is 4.69. The number of sulfonamides is 1. The van der Waals surface area contributed by atoms with Gasteiger partial charge in [0, 0.05) is 13.1 Å². The Balaban J connectivity index is 2.21. The fourth-order valence-electron chi connectivity index (χ4n) is 1.20. The van der Waals surface area contributed by atoms with Crippen LogP contribution in [0, 0.1) is 0 Å². The van der Waals surface area contributed by atoms with Crippen molar-refractivity contribution in [2.75, 3.05) is 19.3 Å². The molecule has 0 aromatic carbocycles. The molecule has 0 aromatic rings. The van der Waals surface area contributed by atoms with Crippen LogP contribution in [-0.4, -0.2) is 45.6 Å². The number of carbonyl (C=O) groups excluding carboxylic acids is 2. The first kappa shape index (κ1) is 12.1. The van der Waals surface area contributed by atoms with Crippen LogP contribution in [0.2, 0.25) is 0 Å². The van der Waals surface area contributed by atoms with E-state index in [9.17, 15) is 18.0 Å². The third-order valence-corrected chi connectivity index (χ3v) is 2.58. The largest absolute Gasteiger partial charge is 0.304 e. The van der Waals surface area contributed by atoms with Crippen LogP contribution < -0.4 is 15.4 Å². The van der Waals surface area contributed by atoms with Gasteiger partial charge >= 0.3 is 0 Å². The first-order valence-corrected chi connectivity index (χ1v) is 6.29. The maximum atomic E-state index is 11.0. The summed E-state index contributed by atoms with van der Waals surface area (Å²) >= 11 is 0. The monoisotopic (exact) mass is 235 g/mol. The van der Waals surface area contributed by atoms with Gasteiger partial charge in [-0.1, -0.05) is 0 Å². The average Bonchev–Trinajstić information content (AvgIpc) is 2.37. The lowest BCUT2D eigenvalue weighted by Crippen LogP contribution is -2.40. The molecule has 0 radical (unpaired) electrons. The number of amides is 2. The van der Waals surface area contributed by atoms with Gasteiger partial charge in [0.2, 0.25) is 21.8 Å². The van der Waals surface area contributed by atoms with Crippen molar-refractivity contribution in [1.82, 2.24) is 15.4 Å². The smallest absolute Gasteiger partial charge is 0.244 e. The van der Waals surface area contributed by atoms with E-state index in [1.807, 2.05) is 0 Å². The van der Waals surface area contributed by atoms with Gasteiger partial charge in [-0.05, 0) is 0 Å². The van der Waals surface area contributed by atoms with Gasteiger partial charge in [0.15, 0.2) is 0 Å². The standard InChI is InChI=1S/C7H13N3O4S/c1-15(13,14)9-3-2-8-5-4-6(11)10-7(5)12/h5,8-9H,2-4H2,1H3,(H,10,11,12). The van der Waals surface area contributed by atoms with Crippen molar-refractivity contribution in [3.05, 3.63) is 0 Å². The average molecular weight is 235 g/mol. The number of rotatable bonds is 5. The molecule has 15 heavy (non-hydrogen) atoms. The van der Waals surface area contributed by atoms with Crippen molar-refractivity contribution in [3.63, 3.8) is 0 Å². The number of hydrogen-bond donors (Lipinski definition) is 3. The predicted molar refractivity (Wildman–Crippen MR) is 52.4 cm³/mol. The van der Waals surface area contributed by atoms with Crippen LogP contribution in [0.15, 0.2) is 0 Å². The van der Waals surface area contributed by atoms with E-state index in [4.69, 9.17) is 0 Å². The van der Waals surface area contributed by atoms with E-state index in [0.29, 0.717) is 6.54 Å². The van der Waals surface area contributed by atoms with Crippen LogP contribution in [-0.2, 0) is 19.6 Å². The van der Waals surface area contributed by atoms with Crippen LogP contribution in [0.1, 0.15) is 6.42 Å². The van der Waals surface area contributed by atoms with E-state index in [2.05, 4.69) is 15.4 Å². The molecule has 1 aliphatic rings. The summed E-state index contributed by atoms with van der Waals surface area (Å²) in [5.41, 5.74) is 0. The minimum absolute atomic E-state index is 0.109. The summed E-state index contributed by atoms with van der Waals surface area (Å²) in [6.07, 6.45) is 1.16. The molecule has 3 N–H and O–H groups in total. The van der Waals surface area contributed by atoms with Crippen LogP contribution >= 0.6 is 0 Å². The molecular formula is C7H13N3O4S. The molecule has 8 heteroatoms. The van der Waals surface area contributed by atoms with Crippen molar-refractivity contribution >= 4 is 21.8 Å². The van der Waals surface area contributed by atoms with E-state index < -0.39 is 16.1 Å². The molecular weight excluding hydrogens is 222 g/mol. The van der Waals surface area contributed by atoms with E-state index in [1.165, 1.54) is 0 Å². The molecule has 1 rings (SSSR count). The summed E-state index contributed by atoms with van der Waals surface area (Å²) in [6, 6.07) is -0.543. The minimum atomic E-state index is -3.20. The Kier molecular flexibility index (Phi) is 3.77. The van der Waals surface area contributed by atoms with Gasteiger partial charge in [0.05, 0.1) is 18.7 Å². The number of imide groups is 1. The van der Waals surface area contributed by atoms with Crippen molar-refractivity contribution in [1.29, 1.82) is 0 Å². The zero-order valence-corrected chi connectivity index (χ0v) is 9.06. The molecule has 1 fully saturated rings. The molecule has 1 aliphatic heterocycles. The van der Waals surface area contributed by atoms with Crippen molar-refractivity contribution in [3.8, 4) is 0 Å². The van der Waals surface area contributed by atoms with Gasteiger partial charge in [0.25, 0.3) is 0 Å². The molecule has 1 heterocycles. The van der Waals surface area contributed by atoms with Crippen LogP contribution in [0.5, 0.6) is 0 Å². The Bertz CT molecular complexity index is 364. The zero-order chi connectivity index (χ0) is 11.5. The maximum absolute atomic E-state index is 11.0. The van der Waals surface area contributed by atoms with Crippen molar-refractivity contribution in [2.24, 2.45) is 0 Å². The second-order valence-electron chi connectivity index (χ2n) is 3.29. The summed E-state index contributed by atoms with van der Waals surface area (Å²) < 4.78 is 23.6. The first-order valence-electron chi connectivity index (χ1n) is 4.40. The fourth-order valence-corrected chi connectivity index (χ4v) is 1.67. The van der Waals surface area contributed by atoms with E-state index >= 15 is 0 Å². The molecule has 0 aromatic heterocycles. The lowest BCUT2D eigenvalue weighted by atomic mass is 10.2. The number of carbonyl (C=O) groups is 2.